The van der Waals surface area contributed by atoms with E-state index < -0.39 is 6.04 Å². The molecule has 0 aliphatic heterocycles. The van der Waals surface area contributed by atoms with E-state index in [2.05, 4.69) is 10.6 Å². The smallest absolute Gasteiger partial charge is 0.236 e. The maximum atomic E-state index is 11.6. The standard InChI is InChI=1S/C13H27N3O2/c1-9(2)7-11(14)13(18)15-6-5-12(17)16-8-10(3)4/h9-11H,5-8,14H2,1-4H3,(H,15,18)(H,16,17). The van der Waals surface area contributed by atoms with E-state index in [4.69, 9.17) is 5.73 Å². The van der Waals surface area contributed by atoms with Crippen LogP contribution in [-0.2, 0) is 9.59 Å². The first kappa shape index (κ1) is 16.9. The summed E-state index contributed by atoms with van der Waals surface area (Å²) in [7, 11) is 0. The van der Waals surface area contributed by atoms with E-state index >= 15 is 0 Å². The Labute approximate surface area is 110 Å². The highest BCUT2D eigenvalue weighted by atomic mass is 16.2. The van der Waals surface area contributed by atoms with Gasteiger partial charge in [-0.05, 0) is 18.3 Å². The molecule has 2 amide bonds. The minimum absolute atomic E-state index is 0.0403. The number of rotatable bonds is 8. The maximum absolute atomic E-state index is 11.6. The Hall–Kier alpha value is -1.10. The highest BCUT2D eigenvalue weighted by Crippen LogP contribution is 2.02. The second kappa shape index (κ2) is 8.91. The van der Waals surface area contributed by atoms with Crippen LogP contribution in [0, 0.1) is 11.8 Å². The van der Waals surface area contributed by atoms with Gasteiger partial charge in [0.2, 0.25) is 11.8 Å². The third kappa shape index (κ3) is 8.98. The van der Waals surface area contributed by atoms with Crippen LogP contribution in [0.5, 0.6) is 0 Å². The van der Waals surface area contributed by atoms with Crippen LogP contribution in [0.25, 0.3) is 0 Å². The van der Waals surface area contributed by atoms with Gasteiger partial charge in [0.1, 0.15) is 0 Å². The molecule has 0 aromatic rings. The summed E-state index contributed by atoms with van der Waals surface area (Å²) in [5.41, 5.74) is 5.72. The van der Waals surface area contributed by atoms with Gasteiger partial charge in [0.05, 0.1) is 6.04 Å². The van der Waals surface area contributed by atoms with Gasteiger partial charge in [0.15, 0.2) is 0 Å². The summed E-state index contributed by atoms with van der Waals surface area (Å²) in [6.45, 7) is 9.12. The van der Waals surface area contributed by atoms with Gasteiger partial charge in [-0.2, -0.15) is 0 Å². The summed E-state index contributed by atoms with van der Waals surface area (Å²) >= 11 is 0. The molecule has 0 radical (unpaired) electrons. The first-order valence-corrected chi connectivity index (χ1v) is 6.63. The molecule has 0 bridgehead atoms. The zero-order valence-electron chi connectivity index (χ0n) is 12.0. The fourth-order valence-corrected chi connectivity index (χ4v) is 1.45. The van der Waals surface area contributed by atoms with Gasteiger partial charge in [-0.1, -0.05) is 27.7 Å². The fourth-order valence-electron chi connectivity index (χ4n) is 1.45. The molecule has 0 spiro atoms. The molecule has 0 aromatic heterocycles. The highest BCUT2D eigenvalue weighted by molar-refractivity contribution is 5.82. The average molecular weight is 257 g/mol. The molecule has 1 unspecified atom stereocenters. The van der Waals surface area contributed by atoms with Gasteiger partial charge >= 0.3 is 0 Å². The Morgan fingerprint density at radius 3 is 2.17 bits per heavy atom. The third-order valence-corrected chi connectivity index (χ3v) is 2.42. The van der Waals surface area contributed by atoms with E-state index in [9.17, 15) is 9.59 Å². The lowest BCUT2D eigenvalue weighted by Crippen LogP contribution is -2.42. The quantitative estimate of drug-likeness (QED) is 0.596. The van der Waals surface area contributed by atoms with Crippen LogP contribution in [0.2, 0.25) is 0 Å². The maximum Gasteiger partial charge on any atom is 0.236 e. The monoisotopic (exact) mass is 257 g/mol. The van der Waals surface area contributed by atoms with Crippen LogP contribution in [0.3, 0.4) is 0 Å². The lowest BCUT2D eigenvalue weighted by atomic mass is 10.0. The SMILES string of the molecule is CC(C)CNC(=O)CCNC(=O)C(N)CC(C)C. The normalized spacial score (nSPS) is 12.6. The summed E-state index contributed by atoms with van der Waals surface area (Å²) in [6.07, 6.45) is 0.957. The van der Waals surface area contributed by atoms with Crippen molar-refractivity contribution in [1.82, 2.24) is 10.6 Å². The van der Waals surface area contributed by atoms with Crippen LogP contribution in [0.1, 0.15) is 40.5 Å². The summed E-state index contributed by atoms with van der Waals surface area (Å²) < 4.78 is 0. The lowest BCUT2D eigenvalue weighted by Gasteiger charge is -2.14. The molecular formula is C13H27N3O2. The Bertz CT molecular complexity index is 265. The van der Waals surface area contributed by atoms with Gasteiger partial charge in [-0.25, -0.2) is 0 Å². The van der Waals surface area contributed by atoms with Gasteiger partial charge < -0.3 is 16.4 Å². The molecule has 0 aromatic carbocycles. The lowest BCUT2D eigenvalue weighted by molar-refractivity contribution is -0.123. The molecule has 1 atom stereocenters. The van der Waals surface area contributed by atoms with Crippen molar-refractivity contribution < 1.29 is 9.59 Å². The number of hydrogen-bond acceptors (Lipinski definition) is 3. The van der Waals surface area contributed by atoms with Gasteiger partial charge in [-0.3, -0.25) is 9.59 Å². The fraction of sp³-hybridized carbons (Fsp3) is 0.846. The highest BCUT2D eigenvalue weighted by Gasteiger charge is 2.14. The zero-order chi connectivity index (χ0) is 14.1. The molecule has 4 N–H and O–H groups in total. The largest absolute Gasteiger partial charge is 0.356 e. The van der Waals surface area contributed by atoms with Crippen molar-refractivity contribution in [3.05, 3.63) is 0 Å². The predicted molar refractivity (Wildman–Crippen MR) is 72.9 cm³/mol. The Kier molecular flexibility index (Phi) is 8.37. The molecule has 0 rings (SSSR count). The van der Waals surface area contributed by atoms with Gasteiger partial charge in [-0.15, -0.1) is 0 Å². The van der Waals surface area contributed by atoms with Crippen LogP contribution >= 0.6 is 0 Å². The van der Waals surface area contributed by atoms with Crippen molar-refractivity contribution in [1.29, 1.82) is 0 Å². The number of nitrogens with one attached hydrogen (secondary N) is 2. The van der Waals surface area contributed by atoms with E-state index in [0.717, 1.165) is 0 Å². The number of carbonyl (C=O) groups is 2. The van der Waals surface area contributed by atoms with E-state index in [0.29, 0.717) is 37.8 Å². The Morgan fingerprint density at radius 2 is 1.67 bits per heavy atom. The summed E-state index contributed by atoms with van der Waals surface area (Å²) in [5, 5.41) is 5.48. The van der Waals surface area contributed by atoms with Crippen molar-refractivity contribution in [2.75, 3.05) is 13.1 Å². The predicted octanol–water partition coefficient (Wildman–Crippen LogP) is 0.638. The summed E-state index contributed by atoms with van der Waals surface area (Å²) in [4.78, 5) is 22.9. The van der Waals surface area contributed by atoms with E-state index in [1.54, 1.807) is 0 Å². The number of amides is 2. The van der Waals surface area contributed by atoms with Crippen molar-refractivity contribution in [3.8, 4) is 0 Å². The first-order chi connectivity index (χ1) is 8.32. The average Bonchev–Trinajstić information content (AvgIpc) is 2.25. The first-order valence-electron chi connectivity index (χ1n) is 6.63. The molecule has 0 heterocycles. The van der Waals surface area contributed by atoms with E-state index in [-0.39, 0.29) is 11.8 Å². The zero-order valence-corrected chi connectivity index (χ0v) is 12.0. The molecule has 0 aliphatic rings. The minimum atomic E-state index is -0.483. The van der Waals surface area contributed by atoms with Crippen LogP contribution in [0.4, 0.5) is 0 Å². The molecule has 0 saturated heterocycles. The van der Waals surface area contributed by atoms with Gasteiger partial charge in [0.25, 0.3) is 0 Å². The molecule has 106 valence electrons. The molecule has 0 aliphatic carbocycles. The second-order valence-corrected chi connectivity index (χ2v) is 5.47. The van der Waals surface area contributed by atoms with Crippen molar-refractivity contribution in [2.45, 2.75) is 46.6 Å². The number of nitrogens with two attached hydrogens (primary N) is 1. The molecule has 5 nitrogen and oxygen atoms in total. The van der Waals surface area contributed by atoms with Crippen LogP contribution in [0.15, 0.2) is 0 Å². The molecule has 5 heteroatoms. The molecule has 0 fully saturated rings. The number of hydrogen-bond donors (Lipinski definition) is 3. The molecular weight excluding hydrogens is 230 g/mol. The van der Waals surface area contributed by atoms with E-state index in [1.807, 2.05) is 27.7 Å². The Morgan fingerprint density at radius 1 is 1.06 bits per heavy atom. The van der Waals surface area contributed by atoms with E-state index in [1.165, 1.54) is 0 Å². The van der Waals surface area contributed by atoms with Crippen molar-refractivity contribution in [3.63, 3.8) is 0 Å². The summed E-state index contributed by atoms with van der Waals surface area (Å²) in [6, 6.07) is -0.483. The topological polar surface area (TPSA) is 84.2 Å². The van der Waals surface area contributed by atoms with Crippen molar-refractivity contribution >= 4 is 11.8 Å². The minimum Gasteiger partial charge on any atom is -0.356 e. The molecule has 0 saturated carbocycles. The Balaban J connectivity index is 3.70. The summed E-state index contributed by atoms with van der Waals surface area (Å²) in [5.74, 6) is 0.602. The number of carbonyl (C=O) groups excluding carboxylic acids is 2. The van der Waals surface area contributed by atoms with Crippen molar-refractivity contribution in [2.24, 2.45) is 17.6 Å². The second-order valence-electron chi connectivity index (χ2n) is 5.47. The third-order valence-electron chi connectivity index (χ3n) is 2.42. The van der Waals surface area contributed by atoms with Gasteiger partial charge in [0, 0.05) is 19.5 Å². The van der Waals surface area contributed by atoms with Crippen LogP contribution < -0.4 is 16.4 Å². The molecule has 18 heavy (non-hydrogen) atoms. The van der Waals surface area contributed by atoms with Crippen LogP contribution in [-0.4, -0.2) is 30.9 Å².